The van der Waals surface area contributed by atoms with Crippen molar-refractivity contribution < 1.29 is 4.79 Å². The summed E-state index contributed by atoms with van der Waals surface area (Å²) in [6, 6.07) is 8.02. The summed E-state index contributed by atoms with van der Waals surface area (Å²) < 4.78 is 0. The first-order valence-electron chi connectivity index (χ1n) is 8.30. The smallest absolute Gasteiger partial charge is 0.222 e. The fourth-order valence-electron chi connectivity index (χ4n) is 2.61. The van der Waals surface area contributed by atoms with Gasteiger partial charge in [0.15, 0.2) is 5.96 Å². The number of halogens is 1. The third kappa shape index (κ3) is 5.60. The number of rotatable bonds is 5. The minimum Gasteiger partial charge on any atom is -0.370 e. The van der Waals surface area contributed by atoms with Gasteiger partial charge in [-0.15, -0.1) is 0 Å². The zero-order valence-electron chi connectivity index (χ0n) is 14.3. The van der Waals surface area contributed by atoms with Gasteiger partial charge in [-0.25, -0.2) is 0 Å². The number of hydrogen-bond donors (Lipinski definition) is 2. The first-order chi connectivity index (χ1) is 11.5. The standard InChI is InChI=1S/C17H26ClN5O/c1-13(2)21-16(24)7-8-20-17(19)23-11-9-22(10-12-23)15-5-3-14(18)4-6-15/h3-6,13H,7-12H2,1-2H3,(H2,19,20)(H,21,24). The van der Waals surface area contributed by atoms with Crippen LogP contribution in [0.3, 0.4) is 0 Å². The summed E-state index contributed by atoms with van der Waals surface area (Å²) in [6.07, 6.45) is 0.365. The molecular formula is C17H26ClN5O. The second-order valence-corrected chi connectivity index (χ2v) is 6.60. The molecule has 0 aliphatic carbocycles. The Hall–Kier alpha value is -1.95. The normalized spacial score (nSPS) is 15.8. The van der Waals surface area contributed by atoms with E-state index in [1.807, 2.05) is 38.1 Å². The van der Waals surface area contributed by atoms with Gasteiger partial charge in [0.25, 0.3) is 0 Å². The van der Waals surface area contributed by atoms with E-state index in [2.05, 4.69) is 20.1 Å². The van der Waals surface area contributed by atoms with Gasteiger partial charge in [-0.05, 0) is 38.1 Å². The average molecular weight is 352 g/mol. The number of carbonyl (C=O) groups is 1. The van der Waals surface area contributed by atoms with Gasteiger partial charge in [0.1, 0.15) is 0 Å². The number of anilines is 1. The fraction of sp³-hybridized carbons (Fsp3) is 0.529. The van der Waals surface area contributed by atoms with Gasteiger partial charge < -0.3 is 20.9 Å². The van der Waals surface area contributed by atoms with Gasteiger partial charge in [0, 0.05) is 49.4 Å². The zero-order chi connectivity index (χ0) is 17.5. The predicted molar refractivity (Wildman–Crippen MR) is 99.6 cm³/mol. The van der Waals surface area contributed by atoms with Crippen molar-refractivity contribution in [2.75, 3.05) is 37.6 Å². The SMILES string of the molecule is CC(C)NC(=O)CCN=C(N)N1CCN(c2ccc(Cl)cc2)CC1. The number of hydrogen-bond acceptors (Lipinski definition) is 3. The van der Waals surface area contributed by atoms with E-state index < -0.39 is 0 Å². The number of nitrogens with one attached hydrogen (secondary N) is 1. The van der Waals surface area contributed by atoms with Crippen LogP contribution in [0.25, 0.3) is 0 Å². The molecule has 1 aromatic carbocycles. The van der Waals surface area contributed by atoms with E-state index in [0.717, 1.165) is 31.2 Å². The number of nitrogens with two attached hydrogens (primary N) is 1. The summed E-state index contributed by atoms with van der Waals surface area (Å²) in [6.45, 7) is 7.69. The lowest BCUT2D eigenvalue weighted by Gasteiger charge is -2.36. The van der Waals surface area contributed by atoms with Gasteiger partial charge in [-0.2, -0.15) is 0 Å². The van der Waals surface area contributed by atoms with Crippen molar-refractivity contribution in [3.63, 3.8) is 0 Å². The number of piperazine rings is 1. The molecule has 0 aromatic heterocycles. The maximum atomic E-state index is 11.6. The Bertz CT molecular complexity index is 565. The van der Waals surface area contributed by atoms with Crippen LogP contribution in [0.4, 0.5) is 5.69 Å². The first-order valence-corrected chi connectivity index (χ1v) is 8.68. The van der Waals surface area contributed by atoms with Crippen molar-refractivity contribution >= 4 is 29.2 Å². The summed E-state index contributed by atoms with van der Waals surface area (Å²) in [7, 11) is 0. The lowest BCUT2D eigenvalue weighted by Crippen LogP contribution is -2.51. The van der Waals surface area contributed by atoms with E-state index in [9.17, 15) is 4.79 Å². The molecule has 1 aliphatic heterocycles. The third-order valence-corrected chi connectivity index (χ3v) is 4.11. The van der Waals surface area contributed by atoms with E-state index in [1.54, 1.807) is 0 Å². The van der Waals surface area contributed by atoms with Crippen LogP contribution in [0, 0.1) is 0 Å². The molecule has 2 rings (SSSR count). The second-order valence-electron chi connectivity index (χ2n) is 6.16. The summed E-state index contributed by atoms with van der Waals surface area (Å²) in [5, 5.41) is 3.59. The van der Waals surface area contributed by atoms with Gasteiger partial charge in [0.05, 0.1) is 6.54 Å². The molecule has 6 nitrogen and oxygen atoms in total. The van der Waals surface area contributed by atoms with Crippen molar-refractivity contribution in [1.29, 1.82) is 0 Å². The Kier molecular flexibility index (Phi) is 6.73. The molecule has 7 heteroatoms. The quantitative estimate of drug-likeness (QED) is 0.625. The highest BCUT2D eigenvalue weighted by Crippen LogP contribution is 2.19. The lowest BCUT2D eigenvalue weighted by atomic mass is 10.2. The van der Waals surface area contributed by atoms with Crippen LogP contribution in [0.2, 0.25) is 5.02 Å². The van der Waals surface area contributed by atoms with Crippen LogP contribution in [0.5, 0.6) is 0 Å². The number of benzene rings is 1. The molecule has 24 heavy (non-hydrogen) atoms. The van der Waals surface area contributed by atoms with Crippen LogP contribution >= 0.6 is 11.6 Å². The van der Waals surface area contributed by atoms with Crippen molar-refractivity contribution in [3.8, 4) is 0 Å². The highest BCUT2D eigenvalue weighted by molar-refractivity contribution is 6.30. The number of guanidine groups is 1. The molecule has 0 unspecified atom stereocenters. The van der Waals surface area contributed by atoms with Crippen LogP contribution in [0.15, 0.2) is 29.3 Å². The maximum Gasteiger partial charge on any atom is 0.222 e. The topological polar surface area (TPSA) is 74.0 Å². The van der Waals surface area contributed by atoms with E-state index in [0.29, 0.717) is 18.9 Å². The van der Waals surface area contributed by atoms with Crippen LogP contribution < -0.4 is 16.0 Å². The van der Waals surface area contributed by atoms with Crippen molar-refractivity contribution in [1.82, 2.24) is 10.2 Å². The molecule has 0 radical (unpaired) electrons. The number of carbonyl (C=O) groups excluding carboxylic acids is 1. The minimum atomic E-state index is 0.00843. The van der Waals surface area contributed by atoms with Crippen LogP contribution in [-0.2, 0) is 4.79 Å². The summed E-state index contributed by atoms with van der Waals surface area (Å²) in [4.78, 5) is 20.3. The third-order valence-electron chi connectivity index (χ3n) is 3.86. The van der Waals surface area contributed by atoms with Gasteiger partial charge in [0.2, 0.25) is 5.91 Å². The highest BCUT2D eigenvalue weighted by atomic mass is 35.5. The number of aliphatic imine (C=N–C) groups is 1. The fourth-order valence-corrected chi connectivity index (χ4v) is 2.74. The first kappa shape index (κ1) is 18.4. The van der Waals surface area contributed by atoms with Crippen molar-refractivity contribution in [3.05, 3.63) is 29.3 Å². The van der Waals surface area contributed by atoms with Gasteiger partial charge >= 0.3 is 0 Å². The summed E-state index contributed by atoms with van der Waals surface area (Å²) >= 11 is 5.93. The Labute approximate surface area is 148 Å². The number of amides is 1. The van der Waals surface area contributed by atoms with Gasteiger partial charge in [-0.1, -0.05) is 11.6 Å². The van der Waals surface area contributed by atoms with Gasteiger partial charge in [-0.3, -0.25) is 9.79 Å². The van der Waals surface area contributed by atoms with Crippen LogP contribution in [0.1, 0.15) is 20.3 Å². The second kappa shape index (κ2) is 8.78. The molecule has 3 N–H and O–H groups in total. The van der Waals surface area contributed by atoms with E-state index in [1.165, 1.54) is 5.69 Å². The molecule has 1 fully saturated rings. The van der Waals surface area contributed by atoms with E-state index in [4.69, 9.17) is 17.3 Å². The molecule has 1 aliphatic rings. The minimum absolute atomic E-state index is 0.00843. The van der Waals surface area contributed by atoms with E-state index >= 15 is 0 Å². The van der Waals surface area contributed by atoms with Crippen molar-refractivity contribution in [2.24, 2.45) is 10.7 Å². The Balaban J connectivity index is 1.77. The monoisotopic (exact) mass is 351 g/mol. The summed E-state index contributed by atoms with van der Waals surface area (Å²) in [5.74, 6) is 0.525. The highest BCUT2D eigenvalue weighted by Gasteiger charge is 2.18. The molecular weight excluding hydrogens is 326 g/mol. The molecule has 1 amide bonds. The largest absolute Gasteiger partial charge is 0.370 e. The summed E-state index contributed by atoms with van der Waals surface area (Å²) in [5.41, 5.74) is 7.21. The molecule has 0 bridgehead atoms. The molecule has 0 atom stereocenters. The molecule has 0 saturated carbocycles. The molecule has 1 heterocycles. The Morgan fingerprint density at radius 2 is 1.88 bits per heavy atom. The van der Waals surface area contributed by atoms with Crippen LogP contribution in [-0.4, -0.2) is 55.5 Å². The molecule has 132 valence electrons. The van der Waals surface area contributed by atoms with Crippen molar-refractivity contribution in [2.45, 2.75) is 26.3 Å². The maximum absolute atomic E-state index is 11.6. The Morgan fingerprint density at radius 3 is 2.46 bits per heavy atom. The molecule has 1 saturated heterocycles. The molecule has 1 aromatic rings. The molecule has 0 spiro atoms. The van der Waals surface area contributed by atoms with E-state index in [-0.39, 0.29) is 11.9 Å². The average Bonchev–Trinajstić information content (AvgIpc) is 2.55. The lowest BCUT2D eigenvalue weighted by molar-refractivity contribution is -0.121. The predicted octanol–water partition coefficient (Wildman–Crippen LogP) is 1.69. The zero-order valence-corrected chi connectivity index (χ0v) is 15.1. The number of nitrogens with zero attached hydrogens (tertiary/aromatic N) is 3. The Morgan fingerprint density at radius 1 is 1.25 bits per heavy atom.